The first-order valence-corrected chi connectivity index (χ1v) is 7.05. The molecule has 104 valence electrons. The number of amides is 2. The summed E-state index contributed by atoms with van der Waals surface area (Å²) in [7, 11) is 0. The lowest BCUT2D eigenvalue weighted by Crippen LogP contribution is -2.55. The predicted octanol–water partition coefficient (Wildman–Crippen LogP) is 2.81. The van der Waals surface area contributed by atoms with E-state index in [0.29, 0.717) is 13.1 Å². The van der Waals surface area contributed by atoms with Crippen LogP contribution < -0.4 is 11.1 Å². The fourth-order valence-corrected chi connectivity index (χ4v) is 3.02. The zero-order valence-electron chi connectivity index (χ0n) is 11.6. The van der Waals surface area contributed by atoms with Crippen molar-refractivity contribution in [1.29, 1.82) is 0 Å². The van der Waals surface area contributed by atoms with Crippen molar-refractivity contribution in [3.8, 4) is 0 Å². The maximum atomic E-state index is 12.5. The molecule has 0 saturated heterocycles. The highest BCUT2D eigenvalue weighted by Gasteiger charge is 2.40. The van der Waals surface area contributed by atoms with Gasteiger partial charge in [-0.2, -0.15) is 0 Å². The van der Waals surface area contributed by atoms with Crippen LogP contribution in [0.4, 0.5) is 10.5 Å². The van der Waals surface area contributed by atoms with Crippen LogP contribution in [0, 0.1) is 0 Å². The Morgan fingerprint density at radius 1 is 1.32 bits per heavy atom. The summed E-state index contributed by atoms with van der Waals surface area (Å²) in [4.78, 5) is 14.4. The molecule has 19 heavy (non-hydrogen) atoms. The minimum Gasteiger partial charge on any atom is -0.328 e. The molecular formula is C15H23N3O. The van der Waals surface area contributed by atoms with E-state index in [1.807, 2.05) is 42.2 Å². The molecule has 0 heterocycles. The lowest BCUT2D eigenvalue weighted by Gasteiger charge is -2.40. The van der Waals surface area contributed by atoms with Gasteiger partial charge in [0.15, 0.2) is 0 Å². The lowest BCUT2D eigenvalue weighted by molar-refractivity contribution is 0.134. The van der Waals surface area contributed by atoms with Gasteiger partial charge >= 0.3 is 6.03 Å². The molecule has 0 aromatic heterocycles. The summed E-state index contributed by atoms with van der Waals surface area (Å²) in [6.45, 7) is 3.25. The van der Waals surface area contributed by atoms with E-state index in [-0.39, 0.29) is 11.6 Å². The van der Waals surface area contributed by atoms with Crippen molar-refractivity contribution >= 4 is 11.7 Å². The number of anilines is 1. The Kier molecular flexibility index (Phi) is 4.43. The molecule has 1 saturated carbocycles. The number of nitrogens with two attached hydrogens (primary N) is 1. The van der Waals surface area contributed by atoms with E-state index in [1.165, 1.54) is 0 Å². The maximum Gasteiger partial charge on any atom is 0.322 e. The summed E-state index contributed by atoms with van der Waals surface area (Å²) in [6.07, 6.45) is 4.34. The third-order valence-corrected chi connectivity index (χ3v) is 4.07. The number of rotatable bonds is 4. The van der Waals surface area contributed by atoms with Crippen LogP contribution in [-0.2, 0) is 0 Å². The third kappa shape index (κ3) is 2.89. The van der Waals surface area contributed by atoms with Crippen LogP contribution in [0.3, 0.4) is 0 Å². The minimum atomic E-state index is -0.145. The topological polar surface area (TPSA) is 58.4 Å². The zero-order valence-corrected chi connectivity index (χ0v) is 11.6. The average molecular weight is 261 g/mol. The molecule has 1 aromatic rings. The van der Waals surface area contributed by atoms with Crippen molar-refractivity contribution in [1.82, 2.24) is 4.90 Å². The normalized spacial score (nSPS) is 17.2. The third-order valence-electron chi connectivity index (χ3n) is 4.07. The van der Waals surface area contributed by atoms with Crippen LogP contribution in [0.15, 0.2) is 30.3 Å². The second-order valence-corrected chi connectivity index (χ2v) is 5.18. The van der Waals surface area contributed by atoms with Crippen LogP contribution in [0.5, 0.6) is 0 Å². The molecular weight excluding hydrogens is 238 g/mol. The summed E-state index contributed by atoms with van der Waals surface area (Å²) in [6, 6.07) is 9.53. The van der Waals surface area contributed by atoms with E-state index in [2.05, 4.69) is 5.32 Å². The highest BCUT2D eigenvalue weighted by Crippen LogP contribution is 2.34. The summed E-state index contributed by atoms with van der Waals surface area (Å²) in [5.74, 6) is 0. The molecule has 4 heteroatoms. The largest absolute Gasteiger partial charge is 0.328 e. The Bertz CT molecular complexity index is 413. The average Bonchev–Trinajstić information content (AvgIpc) is 2.90. The monoisotopic (exact) mass is 261 g/mol. The molecule has 1 fully saturated rings. The van der Waals surface area contributed by atoms with Gasteiger partial charge in [-0.05, 0) is 31.9 Å². The van der Waals surface area contributed by atoms with Crippen LogP contribution in [0.1, 0.15) is 32.6 Å². The van der Waals surface area contributed by atoms with Gasteiger partial charge in [-0.3, -0.25) is 0 Å². The molecule has 0 radical (unpaired) electrons. The first kappa shape index (κ1) is 13.9. The molecule has 1 aromatic carbocycles. The van der Waals surface area contributed by atoms with Gasteiger partial charge in [0.1, 0.15) is 0 Å². The lowest BCUT2D eigenvalue weighted by atomic mass is 9.95. The smallest absolute Gasteiger partial charge is 0.322 e. The Morgan fingerprint density at radius 3 is 2.47 bits per heavy atom. The van der Waals surface area contributed by atoms with Crippen molar-refractivity contribution in [2.75, 3.05) is 18.4 Å². The number of nitrogens with one attached hydrogen (secondary N) is 1. The predicted molar refractivity (Wildman–Crippen MR) is 78.1 cm³/mol. The molecule has 1 aliphatic rings. The summed E-state index contributed by atoms with van der Waals surface area (Å²) < 4.78 is 0. The fraction of sp³-hybridized carbons (Fsp3) is 0.533. The second kappa shape index (κ2) is 6.06. The van der Waals surface area contributed by atoms with E-state index < -0.39 is 0 Å². The summed E-state index contributed by atoms with van der Waals surface area (Å²) in [5.41, 5.74) is 6.64. The molecule has 3 N–H and O–H groups in total. The molecule has 0 unspecified atom stereocenters. The first-order valence-electron chi connectivity index (χ1n) is 7.05. The summed E-state index contributed by atoms with van der Waals surface area (Å²) >= 11 is 0. The van der Waals surface area contributed by atoms with Crippen LogP contribution in [0.25, 0.3) is 0 Å². The van der Waals surface area contributed by atoms with E-state index in [1.54, 1.807) is 0 Å². The standard InChI is InChI=1S/C15H23N3O/c1-2-18(15(12-16)10-6-7-11-15)14(19)17-13-8-4-3-5-9-13/h3-5,8-9H,2,6-7,10-12,16H2,1H3,(H,17,19). The van der Waals surface area contributed by atoms with Crippen molar-refractivity contribution in [2.24, 2.45) is 5.73 Å². The molecule has 0 bridgehead atoms. The molecule has 2 rings (SSSR count). The van der Waals surface area contributed by atoms with Gasteiger partial charge in [-0.15, -0.1) is 0 Å². The number of likely N-dealkylation sites (N-methyl/N-ethyl adjacent to an activating group) is 1. The van der Waals surface area contributed by atoms with Crippen molar-refractivity contribution in [3.05, 3.63) is 30.3 Å². The molecule has 1 aliphatic carbocycles. The Balaban J connectivity index is 2.11. The summed E-state index contributed by atoms with van der Waals surface area (Å²) in [5, 5.41) is 2.96. The highest BCUT2D eigenvalue weighted by molar-refractivity contribution is 5.89. The Hall–Kier alpha value is -1.55. The van der Waals surface area contributed by atoms with E-state index >= 15 is 0 Å². The minimum absolute atomic E-state index is 0.0407. The van der Waals surface area contributed by atoms with Crippen molar-refractivity contribution < 1.29 is 4.79 Å². The number of hydrogen-bond acceptors (Lipinski definition) is 2. The fourth-order valence-electron chi connectivity index (χ4n) is 3.02. The van der Waals surface area contributed by atoms with Crippen LogP contribution in [-0.4, -0.2) is 29.6 Å². The van der Waals surface area contributed by atoms with Gasteiger partial charge in [0.2, 0.25) is 0 Å². The van der Waals surface area contributed by atoms with Gasteiger partial charge in [-0.25, -0.2) is 4.79 Å². The van der Waals surface area contributed by atoms with Gasteiger partial charge in [0.05, 0.1) is 5.54 Å². The number of urea groups is 1. The van der Waals surface area contributed by atoms with Gasteiger partial charge < -0.3 is 16.0 Å². The number of para-hydroxylation sites is 1. The van der Waals surface area contributed by atoms with Crippen molar-refractivity contribution in [2.45, 2.75) is 38.1 Å². The maximum absolute atomic E-state index is 12.5. The molecule has 4 nitrogen and oxygen atoms in total. The number of hydrogen-bond donors (Lipinski definition) is 2. The van der Waals surface area contributed by atoms with Crippen molar-refractivity contribution in [3.63, 3.8) is 0 Å². The van der Waals surface area contributed by atoms with Gasteiger partial charge in [0, 0.05) is 18.8 Å². The number of carbonyl (C=O) groups excluding carboxylic acids is 1. The van der Waals surface area contributed by atoms with E-state index in [4.69, 9.17) is 5.73 Å². The molecule has 0 aliphatic heterocycles. The Morgan fingerprint density at radius 2 is 1.95 bits per heavy atom. The van der Waals surface area contributed by atoms with Gasteiger partial charge in [-0.1, -0.05) is 31.0 Å². The molecule has 2 amide bonds. The second-order valence-electron chi connectivity index (χ2n) is 5.18. The van der Waals surface area contributed by atoms with E-state index in [9.17, 15) is 4.79 Å². The molecule has 0 spiro atoms. The van der Waals surface area contributed by atoms with E-state index in [0.717, 1.165) is 31.4 Å². The van der Waals surface area contributed by atoms with Crippen LogP contribution >= 0.6 is 0 Å². The highest BCUT2D eigenvalue weighted by atomic mass is 16.2. The zero-order chi connectivity index (χ0) is 13.7. The number of carbonyl (C=O) groups is 1. The van der Waals surface area contributed by atoms with Gasteiger partial charge in [0.25, 0.3) is 0 Å². The number of benzene rings is 1. The Labute approximate surface area is 115 Å². The SMILES string of the molecule is CCN(C(=O)Nc1ccccc1)C1(CN)CCCC1. The first-order chi connectivity index (χ1) is 9.22. The van der Waals surface area contributed by atoms with Crippen LogP contribution in [0.2, 0.25) is 0 Å². The molecule has 0 atom stereocenters. The number of nitrogens with zero attached hydrogens (tertiary/aromatic N) is 1. The quantitative estimate of drug-likeness (QED) is 0.875.